The average molecular weight is 294 g/mol. The van der Waals surface area contributed by atoms with E-state index >= 15 is 0 Å². The molecule has 7 nitrogen and oxygen atoms in total. The average Bonchev–Trinajstić information content (AvgIpc) is 2.94. The lowest BCUT2D eigenvalue weighted by molar-refractivity contribution is 0.0696. The minimum Gasteiger partial charge on any atom is -0.506 e. The van der Waals surface area contributed by atoms with Crippen LogP contribution < -0.4 is 10.6 Å². The molecule has 4 N–H and O–H groups in total. The summed E-state index contributed by atoms with van der Waals surface area (Å²) in [7, 11) is 0. The third kappa shape index (κ3) is 4.35. The zero-order chi connectivity index (χ0) is 15.2. The highest BCUT2D eigenvalue weighted by atomic mass is 16.5. The van der Waals surface area contributed by atoms with Crippen LogP contribution in [-0.2, 0) is 4.74 Å². The molecule has 7 heteroatoms. The van der Waals surface area contributed by atoms with E-state index in [0.717, 1.165) is 32.1 Å². The van der Waals surface area contributed by atoms with Crippen molar-refractivity contribution in [1.82, 2.24) is 5.32 Å². The molecule has 2 rings (SSSR count). The van der Waals surface area contributed by atoms with Crippen molar-refractivity contribution in [1.29, 1.82) is 0 Å². The summed E-state index contributed by atoms with van der Waals surface area (Å²) in [5.74, 6) is -0.942. The first-order valence-electron chi connectivity index (χ1n) is 6.75. The summed E-state index contributed by atoms with van der Waals surface area (Å²) in [5, 5.41) is 23.6. The van der Waals surface area contributed by atoms with Crippen LogP contribution in [0.25, 0.3) is 0 Å². The van der Waals surface area contributed by atoms with E-state index in [-0.39, 0.29) is 17.0 Å². The largest absolute Gasteiger partial charge is 0.506 e. The molecule has 1 aromatic carbocycles. The lowest BCUT2D eigenvalue weighted by atomic mass is 10.1. The number of carboxylic acid groups (broad SMARTS) is 1. The maximum Gasteiger partial charge on any atom is 0.335 e. The van der Waals surface area contributed by atoms with Crippen molar-refractivity contribution in [3.63, 3.8) is 0 Å². The highest BCUT2D eigenvalue weighted by molar-refractivity contribution is 5.93. The van der Waals surface area contributed by atoms with E-state index in [2.05, 4.69) is 10.6 Å². The molecule has 114 valence electrons. The molecule has 0 aromatic heterocycles. The number of amides is 2. The number of anilines is 1. The minimum absolute atomic E-state index is 0.0420. The Hall–Kier alpha value is -2.28. The number of rotatable bonds is 5. The third-order valence-corrected chi connectivity index (χ3v) is 3.36. The van der Waals surface area contributed by atoms with Gasteiger partial charge in [0.15, 0.2) is 0 Å². The number of carbonyl (C=O) groups excluding carboxylic acids is 1. The molecular weight excluding hydrogens is 276 g/mol. The SMILES string of the molecule is O=C(NCCC1CCOC1)Nc1ccc(C(=O)O)cc1O. The van der Waals surface area contributed by atoms with E-state index in [1.54, 1.807) is 0 Å². The van der Waals surface area contributed by atoms with E-state index in [4.69, 9.17) is 9.84 Å². The van der Waals surface area contributed by atoms with Crippen molar-refractivity contribution in [3.05, 3.63) is 23.8 Å². The second-order valence-corrected chi connectivity index (χ2v) is 4.94. The Morgan fingerprint density at radius 1 is 1.38 bits per heavy atom. The van der Waals surface area contributed by atoms with Crippen molar-refractivity contribution < 1.29 is 24.5 Å². The monoisotopic (exact) mass is 294 g/mol. The summed E-state index contributed by atoms with van der Waals surface area (Å²) < 4.78 is 5.25. The van der Waals surface area contributed by atoms with Crippen LogP contribution in [0, 0.1) is 5.92 Å². The van der Waals surface area contributed by atoms with Crippen molar-refractivity contribution in [3.8, 4) is 5.75 Å². The zero-order valence-corrected chi connectivity index (χ0v) is 11.5. The van der Waals surface area contributed by atoms with Gasteiger partial charge in [0.25, 0.3) is 0 Å². The van der Waals surface area contributed by atoms with Crippen LogP contribution >= 0.6 is 0 Å². The Bertz CT molecular complexity index is 526. The molecule has 21 heavy (non-hydrogen) atoms. The Labute approximate surface area is 121 Å². The maximum atomic E-state index is 11.7. The van der Waals surface area contributed by atoms with Crippen LogP contribution in [0.5, 0.6) is 5.75 Å². The van der Waals surface area contributed by atoms with Crippen LogP contribution in [0.15, 0.2) is 18.2 Å². The highest BCUT2D eigenvalue weighted by Crippen LogP contribution is 2.24. The number of nitrogens with one attached hydrogen (secondary N) is 2. The molecule has 0 spiro atoms. The summed E-state index contributed by atoms with van der Waals surface area (Å²) in [4.78, 5) is 22.4. The third-order valence-electron chi connectivity index (χ3n) is 3.36. The summed E-state index contributed by atoms with van der Waals surface area (Å²) in [6.45, 7) is 2.04. The summed E-state index contributed by atoms with van der Waals surface area (Å²) in [6, 6.07) is 3.32. The van der Waals surface area contributed by atoms with Gasteiger partial charge in [-0.3, -0.25) is 0 Å². The minimum atomic E-state index is -1.14. The summed E-state index contributed by atoms with van der Waals surface area (Å²) >= 11 is 0. The molecule has 1 heterocycles. The van der Waals surface area contributed by atoms with Crippen LogP contribution in [0.1, 0.15) is 23.2 Å². The number of hydrogen-bond donors (Lipinski definition) is 4. The summed E-state index contributed by atoms with van der Waals surface area (Å²) in [5.41, 5.74) is 0.126. The van der Waals surface area contributed by atoms with Crippen molar-refractivity contribution in [2.75, 3.05) is 25.1 Å². The van der Waals surface area contributed by atoms with Crippen molar-refractivity contribution in [2.24, 2.45) is 5.92 Å². The van der Waals surface area contributed by atoms with Crippen LogP contribution in [0.3, 0.4) is 0 Å². The highest BCUT2D eigenvalue weighted by Gasteiger charge is 2.15. The van der Waals surface area contributed by atoms with Gasteiger partial charge in [-0.15, -0.1) is 0 Å². The number of phenols is 1. The molecule has 0 saturated carbocycles. The fraction of sp³-hybridized carbons (Fsp3) is 0.429. The normalized spacial score (nSPS) is 17.4. The number of carboxylic acids is 1. The number of benzene rings is 1. The van der Waals surface area contributed by atoms with Gasteiger partial charge in [0, 0.05) is 19.8 Å². The van der Waals surface area contributed by atoms with E-state index in [1.165, 1.54) is 12.1 Å². The number of aromatic carboxylic acids is 1. The molecule has 1 unspecified atom stereocenters. The molecular formula is C14H18N2O5. The van der Waals surface area contributed by atoms with Crippen LogP contribution in [0.4, 0.5) is 10.5 Å². The first-order valence-corrected chi connectivity index (χ1v) is 6.75. The molecule has 0 bridgehead atoms. The quantitative estimate of drug-likeness (QED) is 0.617. The molecule has 1 aliphatic heterocycles. The number of aromatic hydroxyl groups is 1. The molecule has 1 aliphatic rings. The standard InChI is InChI=1S/C14H18N2O5/c17-12-7-10(13(18)19)1-2-11(12)16-14(20)15-5-3-9-4-6-21-8-9/h1-2,7,9,17H,3-6,8H2,(H,18,19)(H2,15,16,20). The van der Waals surface area contributed by atoms with Crippen LogP contribution in [-0.4, -0.2) is 42.0 Å². The van der Waals surface area contributed by atoms with E-state index in [1.807, 2.05) is 0 Å². The predicted molar refractivity (Wildman–Crippen MR) is 75.6 cm³/mol. The Morgan fingerprint density at radius 3 is 2.81 bits per heavy atom. The number of phenolic OH excluding ortho intramolecular Hbond substituents is 1. The van der Waals surface area contributed by atoms with Crippen LogP contribution in [0.2, 0.25) is 0 Å². The van der Waals surface area contributed by atoms with Gasteiger partial charge in [0.05, 0.1) is 11.3 Å². The lowest BCUT2D eigenvalue weighted by Crippen LogP contribution is -2.30. The van der Waals surface area contributed by atoms with Gasteiger partial charge in [-0.25, -0.2) is 9.59 Å². The number of hydrogen-bond acceptors (Lipinski definition) is 4. The number of carbonyl (C=O) groups is 2. The smallest absolute Gasteiger partial charge is 0.335 e. The van der Waals surface area contributed by atoms with Gasteiger partial charge in [-0.1, -0.05) is 0 Å². The Balaban J connectivity index is 1.80. The van der Waals surface area contributed by atoms with Gasteiger partial charge in [0.2, 0.25) is 0 Å². The van der Waals surface area contributed by atoms with E-state index in [0.29, 0.717) is 12.5 Å². The van der Waals surface area contributed by atoms with E-state index < -0.39 is 12.0 Å². The fourth-order valence-corrected chi connectivity index (χ4v) is 2.14. The van der Waals surface area contributed by atoms with Gasteiger partial charge >= 0.3 is 12.0 Å². The van der Waals surface area contributed by atoms with Crippen molar-refractivity contribution >= 4 is 17.7 Å². The first-order chi connectivity index (χ1) is 10.1. The molecule has 1 fully saturated rings. The van der Waals surface area contributed by atoms with Gasteiger partial charge < -0.3 is 25.6 Å². The predicted octanol–water partition coefficient (Wildman–Crippen LogP) is 1.64. The first kappa shape index (κ1) is 15.1. The molecule has 0 aliphatic carbocycles. The maximum absolute atomic E-state index is 11.7. The van der Waals surface area contributed by atoms with Gasteiger partial charge in [0.1, 0.15) is 5.75 Å². The fourth-order valence-electron chi connectivity index (χ4n) is 2.14. The van der Waals surface area contributed by atoms with Gasteiger partial charge in [-0.2, -0.15) is 0 Å². The Morgan fingerprint density at radius 2 is 2.19 bits per heavy atom. The molecule has 2 amide bonds. The van der Waals surface area contributed by atoms with E-state index in [9.17, 15) is 14.7 Å². The second-order valence-electron chi connectivity index (χ2n) is 4.94. The number of ether oxygens (including phenoxy) is 1. The lowest BCUT2D eigenvalue weighted by Gasteiger charge is -2.11. The topological polar surface area (TPSA) is 108 Å². The summed E-state index contributed by atoms with van der Waals surface area (Å²) in [6.07, 6.45) is 1.86. The second kappa shape index (κ2) is 6.94. The molecule has 1 atom stereocenters. The molecule has 1 aromatic rings. The van der Waals surface area contributed by atoms with Gasteiger partial charge in [-0.05, 0) is 37.0 Å². The molecule has 0 radical (unpaired) electrons. The van der Waals surface area contributed by atoms with Crippen molar-refractivity contribution in [2.45, 2.75) is 12.8 Å². The number of urea groups is 1. The zero-order valence-electron chi connectivity index (χ0n) is 11.5. The Kier molecular flexibility index (Phi) is 4.99. The molecule has 1 saturated heterocycles.